The molecule has 2 aromatic carbocycles. The second-order valence-electron chi connectivity index (χ2n) is 5.18. The van der Waals surface area contributed by atoms with Crippen molar-refractivity contribution in [3.8, 4) is 11.5 Å². The summed E-state index contributed by atoms with van der Waals surface area (Å²) in [5.74, 6) is 0.602. The van der Waals surface area contributed by atoms with Gasteiger partial charge in [0.05, 0.1) is 0 Å². The predicted octanol–water partition coefficient (Wildman–Crippen LogP) is 4.42. The summed E-state index contributed by atoms with van der Waals surface area (Å²) >= 11 is 0. The monoisotopic (exact) mass is 273 g/mol. The topological polar surface area (TPSA) is 21.3 Å². The molecule has 106 valence electrons. The molecule has 0 saturated carbocycles. The largest absolute Gasteiger partial charge is 0.454 e. The van der Waals surface area contributed by atoms with Crippen molar-refractivity contribution in [2.45, 2.75) is 33.4 Å². The van der Waals surface area contributed by atoms with Crippen molar-refractivity contribution in [1.29, 1.82) is 0 Å². The lowest BCUT2D eigenvalue weighted by Crippen LogP contribution is -2.22. The Morgan fingerprint density at radius 1 is 1.10 bits per heavy atom. The number of nitrogens with one attached hydrogen (secondary N) is 1. The molecule has 0 aliphatic heterocycles. The molecule has 0 heterocycles. The van der Waals surface area contributed by atoms with Gasteiger partial charge in [0, 0.05) is 18.2 Å². The molecule has 0 amide bonds. The van der Waals surface area contributed by atoms with Gasteiger partial charge in [-0.1, -0.05) is 43.7 Å². The predicted molar refractivity (Wildman–Crippen MR) is 79.6 cm³/mol. The normalized spacial score (nSPS) is 10.8. The maximum Gasteiger partial charge on any atom is 0.167 e. The summed E-state index contributed by atoms with van der Waals surface area (Å²) < 4.78 is 19.7. The van der Waals surface area contributed by atoms with Gasteiger partial charge in [0.25, 0.3) is 0 Å². The molecule has 2 nitrogen and oxygen atoms in total. The van der Waals surface area contributed by atoms with Crippen LogP contribution in [0.5, 0.6) is 11.5 Å². The molecule has 1 N–H and O–H groups in total. The second kappa shape index (κ2) is 6.53. The van der Waals surface area contributed by atoms with Crippen LogP contribution in [0, 0.1) is 12.7 Å². The Balaban J connectivity index is 2.23. The van der Waals surface area contributed by atoms with Gasteiger partial charge >= 0.3 is 0 Å². The molecule has 0 bridgehead atoms. The molecule has 0 aliphatic rings. The molecular weight excluding hydrogens is 253 g/mol. The van der Waals surface area contributed by atoms with Crippen LogP contribution in [-0.2, 0) is 6.54 Å². The van der Waals surface area contributed by atoms with Crippen molar-refractivity contribution < 1.29 is 9.13 Å². The zero-order chi connectivity index (χ0) is 14.5. The zero-order valence-corrected chi connectivity index (χ0v) is 12.1. The third-order valence-corrected chi connectivity index (χ3v) is 2.99. The minimum absolute atomic E-state index is 0.296. The lowest BCUT2D eigenvalue weighted by atomic mass is 10.1. The standard InChI is InChI=1S/C17H20FNO/c1-12(2)19-11-14-5-4-6-16(18)17(14)20-15-9-7-13(3)8-10-15/h4-10,12,19H,11H2,1-3H3. The Morgan fingerprint density at radius 2 is 1.80 bits per heavy atom. The molecule has 0 aromatic heterocycles. The highest BCUT2D eigenvalue weighted by atomic mass is 19.1. The van der Waals surface area contributed by atoms with Gasteiger partial charge in [-0.25, -0.2) is 4.39 Å². The Bertz CT molecular complexity index is 564. The highest BCUT2D eigenvalue weighted by molar-refractivity contribution is 5.39. The lowest BCUT2D eigenvalue weighted by molar-refractivity contribution is 0.431. The summed E-state index contributed by atoms with van der Waals surface area (Å²) in [4.78, 5) is 0. The summed E-state index contributed by atoms with van der Waals surface area (Å²) in [6.07, 6.45) is 0. The van der Waals surface area contributed by atoms with E-state index >= 15 is 0 Å². The molecular formula is C17H20FNO. The highest BCUT2D eigenvalue weighted by Gasteiger charge is 2.11. The fourth-order valence-electron chi connectivity index (χ4n) is 1.85. The van der Waals surface area contributed by atoms with E-state index in [2.05, 4.69) is 19.2 Å². The second-order valence-corrected chi connectivity index (χ2v) is 5.18. The van der Waals surface area contributed by atoms with Gasteiger partial charge in [-0.15, -0.1) is 0 Å². The Kier molecular flexibility index (Phi) is 4.74. The van der Waals surface area contributed by atoms with Crippen LogP contribution in [0.25, 0.3) is 0 Å². The van der Waals surface area contributed by atoms with Crippen LogP contribution in [0.3, 0.4) is 0 Å². The first-order valence-electron chi connectivity index (χ1n) is 6.81. The van der Waals surface area contributed by atoms with Crippen LogP contribution in [-0.4, -0.2) is 6.04 Å². The maximum absolute atomic E-state index is 14.0. The van der Waals surface area contributed by atoms with E-state index in [0.717, 1.165) is 11.1 Å². The molecule has 0 atom stereocenters. The molecule has 3 heteroatoms. The van der Waals surface area contributed by atoms with Crippen LogP contribution in [0.4, 0.5) is 4.39 Å². The molecule has 2 rings (SSSR count). The lowest BCUT2D eigenvalue weighted by Gasteiger charge is -2.14. The molecule has 20 heavy (non-hydrogen) atoms. The number of aryl methyl sites for hydroxylation is 1. The number of hydrogen-bond acceptors (Lipinski definition) is 2. The first kappa shape index (κ1) is 14.5. The van der Waals surface area contributed by atoms with E-state index in [9.17, 15) is 4.39 Å². The summed E-state index contributed by atoms with van der Waals surface area (Å²) in [6, 6.07) is 12.9. The van der Waals surface area contributed by atoms with Crippen molar-refractivity contribution in [1.82, 2.24) is 5.32 Å². The van der Waals surface area contributed by atoms with E-state index < -0.39 is 0 Å². The third kappa shape index (κ3) is 3.81. The van der Waals surface area contributed by atoms with E-state index in [1.54, 1.807) is 6.07 Å². The summed E-state index contributed by atoms with van der Waals surface area (Å²) in [6.45, 7) is 6.70. The van der Waals surface area contributed by atoms with E-state index in [4.69, 9.17) is 4.74 Å². The van der Waals surface area contributed by atoms with E-state index in [1.807, 2.05) is 37.3 Å². The average Bonchev–Trinajstić information content (AvgIpc) is 2.41. The SMILES string of the molecule is Cc1ccc(Oc2c(F)cccc2CNC(C)C)cc1. The summed E-state index contributed by atoms with van der Waals surface area (Å²) in [5, 5.41) is 3.28. The van der Waals surface area contributed by atoms with Crippen molar-refractivity contribution in [2.24, 2.45) is 0 Å². The van der Waals surface area contributed by atoms with Crippen LogP contribution in [0.2, 0.25) is 0 Å². The van der Waals surface area contributed by atoms with Crippen LogP contribution in [0.1, 0.15) is 25.0 Å². The van der Waals surface area contributed by atoms with Crippen LogP contribution < -0.4 is 10.1 Å². The molecule has 0 fully saturated rings. The quantitative estimate of drug-likeness (QED) is 0.870. The number of rotatable bonds is 5. The van der Waals surface area contributed by atoms with Crippen molar-refractivity contribution in [2.75, 3.05) is 0 Å². The smallest absolute Gasteiger partial charge is 0.167 e. The fourth-order valence-corrected chi connectivity index (χ4v) is 1.85. The number of benzene rings is 2. The molecule has 0 spiro atoms. The Labute approximate surface area is 119 Å². The van der Waals surface area contributed by atoms with Gasteiger partial charge in [0.15, 0.2) is 11.6 Å². The first-order valence-corrected chi connectivity index (χ1v) is 6.81. The minimum atomic E-state index is -0.339. The van der Waals surface area contributed by atoms with Crippen LogP contribution in [0.15, 0.2) is 42.5 Å². The molecule has 0 aliphatic carbocycles. The van der Waals surface area contributed by atoms with E-state index in [0.29, 0.717) is 24.1 Å². The van der Waals surface area contributed by atoms with Crippen molar-refractivity contribution >= 4 is 0 Å². The highest BCUT2D eigenvalue weighted by Crippen LogP contribution is 2.28. The van der Waals surface area contributed by atoms with Gasteiger partial charge in [0.2, 0.25) is 0 Å². The first-order chi connectivity index (χ1) is 9.56. The zero-order valence-electron chi connectivity index (χ0n) is 12.1. The van der Waals surface area contributed by atoms with Crippen LogP contribution >= 0.6 is 0 Å². The molecule has 0 radical (unpaired) electrons. The maximum atomic E-state index is 14.0. The summed E-state index contributed by atoms with van der Waals surface area (Å²) in [5.41, 5.74) is 1.96. The Hall–Kier alpha value is -1.87. The van der Waals surface area contributed by atoms with E-state index in [1.165, 1.54) is 6.07 Å². The number of ether oxygens (including phenoxy) is 1. The fraction of sp³-hybridized carbons (Fsp3) is 0.294. The third-order valence-electron chi connectivity index (χ3n) is 2.99. The Morgan fingerprint density at radius 3 is 2.45 bits per heavy atom. The molecule has 0 saturated heterocycles. The molecule has 0 unspecified atom stereocenters. The van der Waals surface area contributed by atoms with Gasteiger partial charge in [-0.3, -0.25) is 0 Å². The van der Waals surface area contributed by atoms with Gasteiger partial charge in [-0.05, 0) is 25.1 Å². The number of hydrogen-bond donors (Lipinski definition) is 1. The van der Waals surface area contributed by atoms with Crippen molar-refractivity contribution in [3.05, 3.63) is 59.4 Å². The van der Waals surface area contributed by atoms with Crippen molar-refractivity contribution in [3.63, 3.8) is 0 Å². The summed E-state index contributed by atoms with van der Waals surface area (Å²) in [7, 11) is 0. The number of para-hydroxylation sites is 1. The molecule has 2 aromatic rings. The average molecular weight is 273 g/mol. The van der Waals surface area contributed by atoms with Gasteiger partial charge < -0.3 is 10.1 Å². The van der Waals surface area contributed by atoms with Gasteiger partial charge in [-0.2, -0.15) is 0 Å². The minimum Gasteiger partial charge on any atom is -0.454 e. The van der Waals surface area contributed by atoms with E-state index in [-0.39, 0.29) is 5.82 Å². The number of halogens is 1. The van der Waals surface area contributed by atoms with Gasteiger partial charge in [0.1, 0.15) is 5.75 Å².